The van der Waals surface area contributed by atoms with Crippen LogP contribution in [0.25, 0.3) is 10.9 Å². The van der Waals surface area contributed by atoms with E-state index in [0.29, 0.717) is 17.1 Å². The summed E-state index contributed by atoms with van der Waals surface area (Å²) >= 11 is 6.17. The van der Waals surface area contributed by atoms with Crippen LogP contribution >= 0.6 is 11.6 Å². The first-order chi connectivity index (χ1) is 15.6. The van der Waals surface area contributed by atoms with Gasteiger partial charge in [-0.25, -0.2) is 0 Å². The molecule has 0 aliphatic carbocycles. The molecule has 0 saturated heterocycles. The molecular formula is C26H24ClN3O2. The zero-order chi connectivity index (χ0) is 22.3. The topological polar surface area (TPSA) is 74.0 Å². The lowest BCUT2D eigenvalue weighted by Crippen LogP contribution is -2.34. The van der Waals surface area contributed by atoms with Crippen LogP contribution in [-0.2, 0) is 11.2 Å². The van der Waals surface area contributed by atoms with Crippen LogP contribution in [0.2, 0.25) is 5.02 Å². The molecule has 3 N–H and O–H groups in total. The Morgan fingerprint density at radius 2 is 1.62 bits per heavy atom. The molecule has 1 atom stereocenters. The van der Waals surface area contributed by atoms with E-state index in [4.69, 9.17) is 11.6 Å². The quantitative estimate of drug-likeness (QED) is 0.355. The molecule has 4 aromatic rings. The van der Waals surface area contributed by atoms with Crippen molar-refractivity contribution in [3.8, 4) is 0 Å². The number of nitrogens with one attached hydrogen (secondary N) is 3. The van der Waals surface area contributed by atoms with Crippen molar-refractivity contribution in [2.45, 2.75) is 18.9 Å². The van der Waals surface area contributed by atoms with Crippen LogP contribution in [0.1, 0.15) is 33.9 Å². The van der Waals surface area contributed by atoms with Crippen LogP contribution in [0.15, 0.2) is 85.1 Å². The molecule has 4 rings (SSSR count). The average molecular weight is 446 g/mol. The Hall–Kier alpha value is -3.57. The minimum atomic E-state index is -0.465. The molecule has 0 aliphatic heterocycles. The number of hydrogen-bond donors (Lipinski definition) is 3. The van der Waals surface area contributed by atoms with Crippen molar-refractivity contribution in [3.05, 3.63) is 107 Å². The lowest BCUT2D eigenvalue weighted by Gasteiger charge is -2.19. The Kier molecular flexibility index (Phi) is 6.87. The van der Waals surface area contributed by atoms with Gasteiger partial charge in [0.2, 0.25) is 5.91 Å². The summed E-state index contributed by atoms with van der Waals surface area (Å²) in [5.41, 5.74) is 3.49. The van der Waals surface area contributed by atoms with Gasteiger partial charge in [-0.15, -0.1) is 0 Å². The third kappa shape index (κ3) is 5.18. The van der Waals surface area contributed by atoms with Gasteiger partial charge in [-0.3, -0.25) is 9.59 Å². The Morgan fingerprint density at radius 1 is 0.906 bits per heavy atom. The van der Waals surface area contributed by atoms with Crippen LogP contribution in [0.3, 0.4) is 0 Å². The number of aromatic amines is 1. The molecule has 6 heteroatoms. The van der Waals surface area contributed by atoms with Crippen LogP contribution in [0.4, 0.5) is 0 Å². The van der Waals surface area contributed by atoms with E-state index < -0.39 is 6.04 Å². The molecule has 3 aromatic carbocycles. The van der Waals surface area contributed by atoms with Gasteiger partial charge >= 0.3 is 0 Å². The first-order valence-electron chi connectivity index (χ1n) is 10.5. The molecule has 2 amide bonds. The second-order valence-corrected chi connectivity index (χ2v) is 7.99. The van der Waals surface area contributed by atoms with E-state index in [0.717, 1.165) is 28.5 Å². The lowest BCUT2D eigenvalue weighted by atomic mass is 10.0. The standard InChI is InChI=1S/C26H24ClN3O2/c27-22-12-6-4-11-21(22)26(32)30-24(18-8-2-1-3-9-18)16-25(31)28-15-14-19-17-29-23-13-7-5-10-20(19)23/h1-13,17,24,29H,14-16H2,(H,28,31)(H,30,32)/t24-/m0/s1. The summed E-state index contributed by atoms with van der Waals surface area (Å²) in [5.74, 6) is -0.436. The number of benzene rings is 3. The molecule has 0 unspecified atom stereocenters. The van der Waals surface area contributed by atoms with E-state index >= 15 is 0 Å². The summed E-state index contributed by atoms with van der Waals surface area (Å²) in [4.78, 5) is 28.8. The first-order valence-corrected chi connectivity index (χ1v) is 10.9. The number of amides is 2. The molecule has 1 heterocycles. The summed E-state index contributed by atoms with van der Waals surface area (Å²) in [5, 5.41) is 7.48. The summed E-state index contributed by atoms with van der Waals surface area (Å²) in [6.07, 6.45) is 2.83. The fourth-order valence-electron chi connectivity index (χ4n) is 3.75. The summed E-state index contributed by atoms with van der Waals surface area (Å²) in [6, 6.07) is 24.0. The molecule has 0 aliphatic rings. The molecule has 0 spiro atoms. The molecule has 0 saturated carbocycles. The third-order valence-electron chi connectivity index (χ3n) is 5.41. The minimum absolute atomic E-state index is 0.127. The summed E-state index contributed by atoms with van der Waals surface area (Å²) in [6.45, 7) is 0.515. The molecule has 162 valence electrons. The van der Waals surface area contributed by atoms with Gasteiger partial charge in [0.15, 0.2) is 0 Å². The van der Waals surface area contributed by atoms with Crippen molar-refractivity contribution >= 4 is 34.3 Å². The van der Waals surface area contributed by atoms with Crippen molar-refractivity contribution in [2.24, 2.45) is 0 Å². The maximum Gasteiger partial charge on any atom is 0.253 e. The van der Waals surface area contributed by atoms with E-state index in [2.05, 4.69) is 21.7 Å². The highest BCUT2D eigenvalue weighted by Crippen LogP contribution is 2.21. The molecule has 5 nitrogen and oxygen atoms in total. The molecule has 1 aromatic heterocycles. The van der Waals surface area contributed by atoms with Crippen molar-refractivity contribution in [1.29, 1.82) is 0 Å². The Morgan fingerprint density at radius 3 is 2.44 bits per heavy atom. The van der Waals surface area contributed by atoms with E-state index in [9.17, 15) is 9.59 Å². The van der Waals surface area contributed by atoms with Gasteiger partial charge in [0.05, 0.1) is 23.0 Å². The number of para-hydroxylation sites is 1. The molecular weight excluding hydrogens is 422 g/mol. The molecule has 0 fully saturated rings. The van der Waals surface area contributed by atoms with Crippen molar-refractivity contribution in [2.75, 3.05) is 6.54 Å². The molecule has 32 heavy (non-hydrogen) atoms. The molecule has 0 radical (unpaired) electrons. The largest absolute Gasteiger partial charge is 0.361 e. The van der Waals surface area contributed by atoms with Crippen molar-refractivity contribution in [3.63, 3.8) is 0 Å². The summed E-state index contributed by atoms with van der Waals surface area (Å²) < 4.78 is 0. The Balaban J connectivity index is 1.40. The van der Waals surface area contributed by atoms with E-state index in [1.807, 2.05) is 54.7 Å². The second kappa shape index (κ2) is 10.2. The monoisotopic (exact) mass is 445 g/mol. The van der Waals surface area contributed by atoms with Crippen LogP contribution in [0, 0.1) is 0 Å². The third-order valence-corrected chi connectivity index (χ3v) is 5.74. The zero-order valence-electron chi connectivity index (χ0n) is 17.5. The van der Waals surface area contributed by atoms with Crippen molar-refractivity contribution in [1.82, 2.24) is 15.6 Å². The van der Waals surface area contributed by atoms with Gasteiger partial charge in [0.1, 0.15) is 0 Å². The van der Waals surface area contributed by atoms with Gasteiger partial charge in [0, 0.05) is 23.6 Å². The maximum atomic E-state index is 12.8. The van der Waals surface area contributed by atoms with Gasteiger partial charge in [-0.2, -0.15) is 0 Å². The van der Waals surface area contributed by atoms with E-state index in [1.54, 1.807) is 24.3 Å². The maximum absolute atomic E-state index is 12.8. The van der Waals surface area contributed by atoms with Crippen LogP contribution in [0.5, 0.6) is 0 Å². The van der Waals surface area contributed by atoms with E-state index in [-0.39, 0.29) is 18.2 Å². The number of H-pyrrole nitrogens is 1. The number of halogens is 1. The predicted molar refractivity (Wildman–Crippen MR) is 128 cm³/mol. The highest BCUT2D eigenvalue weighted by atomic mass is 35.5. The smallest absolute Gasteiger partial charge is 0.253 e. The van der Waals surface area contributed by atoms with Gasteiger partial charge in [-0.05, 0) is 35.7 Å². The number of hydrogen-bond acceptors (Lipinski definition) is 2. The summed E-state index contributed by atoms with van der Waals surface area (Å²) in [7, 11) is 0. The second-order valence-electron chi connectivity index (χ2n) is 7.58. The number of carbonyl (C=O) groups excluding carboxylic acids is 2. The first kappa shape index (κ1) is 21.7. The molecule has 0 bridgehead atoms. The predicted octanol–water partition coefficient (Wildman–Crippen LogP) is 5.04. The fourth-order valence-corrected chi connectivity index (χ4v) is 3.97. The Labute approximate surface area is 191 Å². The Bertz CT molecular complexity index is 1220. The zero-order valence-corrected chi connectivity index (χ0v) is 18.2. The number of rotatable bonds is 8. The highest BCUT2D eigenvalue weighted by molar-refractivity contribution is 6.33. The van der Waals surface area contributed by atoms with Gasteiger partial charge in [-0.1, -0.05) is 72.3 Å². The average Bonchev–Trinajstić information content (AvgIpc) is 3.22. The minimum Gasteiger partial charge on any atom is -0.361 e. The number of aromatic nitrogens is 1. The van der Waals surface area contributed by atoms with Gasteiger partial charge < -0.3 is 15.6 Å². The number of fused-ring (bicyclic) bond motifs is 1. The van der Waals surface area contributed by atoms with Crippen LogP contribution in [-0.4, -0.2) is 23.3 Å². The van der Waals surface area contributed by atoms with Gasteiger partial charge in [0.25, 0.3) is 5.91 Å². The van der Waals surface area contributed by atoms with Crippen molar-refractivity contribution < 1.29 is 9.59 Å². The highest BCUT2D eigenvalue weighted by Gasteiger charge is 2.20. The van der Waals surface area contributed by atoms with Crippen LogP contribution < -0.4 is 10.6 Å². The SMILES string of the molecule is O=C(C[C@H](NC(=O)c1ccccc1Cl)c1ccccc1)NCCc1c[nH]c2ccccc12. The van der Waals surface area contributed by atoms with E-state index in [1.165, 1.54) is 0 Å². The number of carbonyl (C=O) groups is 2. The lowest BCUT2D eigenvalue weighted by molar-refractivity contribution is -0.121. The fraction of sp³-hybridized carbons (Fsp3) is 0.154. The normalized spacial score (nSPS) is 11.8.